The SMILES string of the molecule is Cc1cc(Nc2nc(Nc3ccccc3)nc(N3CCOCC3)n2)ccc1/C=C/c1ccc(Nc2nc(Nc3ccccc3)nc(N3CCOCC3)n2)cc1. The van der Waals surface area contributed by atoms with Crippen molar-refractivity contribution < 1.29 is 9.47 Å². The van der Waals surface area contributed by atoms with Gasteiger partial charge < -0.3 is 40.5 Å². The Kier molecular flexibility index (Phi) is 10.9. The number of nitrogens with zero attached hydrogens (tertiary/aromatic N) is 8. The summed E-state index contributed by atoms with van der Waals surface area (Å²) in [4.78, 5) is 32.5. The fourth-order valence-corrected chi connectivity index (χ4v) is 6.13. The number of hydrogen-bond donors (Lipinski definition) is 4. The zero-order valence-corrected chi connectivity index (χ0v) is 30.5. The average Bonchev–Trinajstić information content (AvgIpc) is 3.22. The van der Waals surface area contributed by atoms with Crippen molar-refractivity contribution >= 4 is 70.6 Å². The van der Waals surface area contributed by atoms with Gasteiger partial charge in [-0.05, 0) is 72.1 Å². The largest absolute Gasteiger partial charge is 0.378 e. The lowest BCUT2D eigenvalue weighted by atomic mass is 10.1. The Labute approximate surface area is 319 Å². The molecule has 4 heterocycles. The van der Waals surface area contributed by atoms with Crippen molar-refractivity contribution in [1.82, 2.24) is 29.9 Å². The average molecular weight is 735 g/mol. The van der Waals surface area contributed by atoms with Crippen LogP contribution in [0.15, 0.2) is 103 Å². The molecule has 0 unspecified atom stereocenters. The summed E-state index contributed by atoms with van der Waals surface area (Å²) in [6.45, 7) is 7.51. The van der Waals surface area contributed by atoms with Crippen molar-refractivity contribution in [1.29, 1.82) is 0 Å². The first kappa shape index (κ1) is 35.4. The highest BCUT2D eigenvalue weighted by Gasteiger charge is 2.19. The molecule has 55 heavy (non-hydrogen) atoms. The minimum absolute atomic E-state index is 0.459. The number of aromatic nitrogens is 6. The van der Waals surface area contributed by atoms with E-state index >= 15 is 0 Å². The lowest BCUT2D eigenvalue weighted by Gasteiger charge is -2.27. The van der Waals surface area contributed by atoms with Gasteiger partial charge in [0.1, 0.15) is 0 Å². The van der Waals surface area contributed by atoms with E-state index in [1.165, 1.54) is 0 Å². The summed E-state index contributed by atoms with van der Waals surface area (Å²) < 4.78 is 11.1. The van der Waals surface area contributed by atoms with Gasteiger partial charge in [0.2, 0.25) is 35.7 Å². The monoisotopic (exact) mass is 734 g/mol. The molecule has 0 amide bonds. The molecule has 2 aliphatic rings. The maximum atomic E-state index is 5.55. The molecule has 14 heteroatoms. The predicted molar refractivity (Wildman–Crippen MR) is 218 cm³/mol. The molecule has 4 N–H and O–H groups in total. The summed E-state index contributed by atoms with van der Waals surface area (Å²) in [5.74, 6) is 3.07. The third-order valence-electron chi connectivity index (χ3n) is 9.04. The summed E-state index contributed by atoms with van der Waals surface area (Å²) in [6, 6.07) is 34.1. The summed E-state index contributed by atoms with van der Waals surface area (Å²) in [5, 5.41) is 13.4. The molecule has 0 spiro atoms. The number of hydrogen-bond acceptors (Lipinski definition) is 14. The third-order valence-corrected chi connectivity index (χ3v) is 9.04. The van der Waals surface area contributed by atoms with Crippen LogP contribution in [0.4, 0.5) is 58.4 Å². The van der Waals surface area contributed by atoms with E-state index in [1.807, 2.05) is 78.9 Å². The summed E-state index contributed by atoms with van der Waals surface area (Å²) in [6.07, 6.45) is 4.22. The molecular weight excluding hydrogens is 693 g/mol. The highest BCUT2D eigenvalue weighted by molar-refractivity contribution is 5.74. The van der Waals surface area contributed by atoms with E-state index in [1.54, 1.807) is 0 Å². The van der Waals surface area contributed by atoms with Crippen molar-refractivity contribution in [3.05, 3.63) is 120 Å². The van der Waals surface area contributed by atoms with Gasteiger partial charge in [-0.25, -0.2) is 0 Å². The first-order valence-corrected chi connectivity index (χ1v) is 18.3. The van der Waals surface area contributed by atoms with Crippen LogP contribution in [0.25, 0.3) is 12.2 Å². The Morgan fingerprint density at radius 3 is 1.35 bits per heavy atom. The zero-order valence-electron chi connectivity index (χ0n) is 30.5. The number of benzene rings is 4. The van der Waals surface area contributed by atoms with E-state index in [0.717, 1.165) is 65.6 Å². The fourth-order valence-electron chi connectivity index (χ4n) is 6.13. The van der Waals surface area contributed by atoms with Crippen LogP contribution in [0.1, 0.15) is 16.7 Å². The summed E-state index contributed by atoms with van der Waals surface area (Å²) in [5.41, 5.74) is 6.81. The van der Waals surface area contributed by atoms with Gasteiger partial charge in [0, 0.05) is 48.9 Å². The predicted octanol–water partition coefficient (Wildman–Crippen LogP) is 7.18. The molecule has 2 saturated heterocycles. The van der Waals surface area contributed by atoms with Crippen LogP contribution in [-0.4, -0.2) is 82.5 Å². The van der Waals surface area contributed by atoms with E-state index in [0.29, 0.717) is 62.1 Å². The van der Waals surface area contributed by atoms with Crippen LogP contribution < -0.4 is 31.1 Å². The van der Waals surface area contributed by atoms with Crippen LogP contribution in [0, 0.1) is 6.92 Å². The van der Waals surface area contributed by atoms with Gasteiger partial charge in [-0.2, -0.15) is 29.9 Å². The van der Waals surface area contributed by atoms with Crippen LogP contribution in [0.3, 0.4) is 0 Å². The maximum absolute atomic E-state index is 5.55. The molecule has 0 bridgehead atoms. The Hall–Kier alpha value is -6.64. The summed E-state index contributed by atoms with van der Waals surface area (Å²) >= 11 is 0. The Morgan fingerprint density at radius 1 is 0.473 bits per heavy atom. The van der Waals surface area contributed by atoms with Gasteiger partial charge in [0.05, 0.1) is 26.4 Å². The minimum atomic E-state index is 0.459. The van der Waals surface area contributed by atoms with Crippen molar-refractivity contribution in [2.75, 3.05) is 83.7 Å². The van der Waals surface area contributed by atoms with E-state index in [2.05, 4.69) is 84.4 Å². The van der Waals surface area contributed by atoms with E-state index < -0.39 is 0 Å². The minimum Gasteiger partial charge on any atom is -0.378 e. The number of anilines is 10. The molecule has 2 fully saturated rings. The molecule has 278 valence electrons. The molecule has 0 radical (unpaired) electrons. The fraction of sp³-hybridized carbons (Fsp3) is 0.220. The first-order chi connectivity index (χ1) is 27.1. The molecule has 2 aromatic heterocycles. The second kappa shape index (κ2) is 17.0. The van der Waals surface area contributed by atoms with E-state index in [-0.39, 0.29) is 0 Å². The highest BCUT2D eigenvalue weighted by Crippen LogP contribution is 2.25. The molecule has 14 nitrogen and oxygen atoms in total. The number of morpholine rings is 2. The number of nitrogens with one attached hydrogen (secondary N) is 4. The lowest BCUT2D eigenvalue weighted by molar-refractivity contribution is 0.122. The lowest BCUT2D eigenvalue weighted by Crippen LogP contribution is -2.37. The topological polar surface area (TPSA) is 150 Å². The van der Waals surface area contributed by atoms with Crippen molar-refractivity contribution in [3.63, 3.8) is 0 Å². The normalized spacial score (nSPS) is 14.5. The van der Waals surface area contributed by atoms with Crippen LogP contribution in [-0.2, 0) is 9.47 Å². The van der Waals surface area contributed by atoms with Gasteiger partial charge >= 0.3 is 0 Å². The second-order valence-electron chi connectivity index (χ2n) is 13.0. The zero-order chi connectivity index (χ0) is 37.2. The Balaban J connectivity index is 0.943. The molecule has 6 aromatic rings. The number of ether oxygens (including phenoxy) is 2. The van der Waals surface area contributed by atoms with Crippen LogP contribution in [0.5, 0.6) is 0 Å². The maximum Gasteiger partial charge on any atom is 0.233 e. The van der Waals surface area contributed by atoms with Crippen molar-refractivity contribution in [3.8, 4) is 0 Å². The van der Waals surface area contributed by atoms with Gasteiger partial charge in [0.15, 0.2) is 0 Å². The molecular formula is C41H42N12O2. The molecule has 0 aliphatic carbocycles. The van der Waals surface area contributed by atoms with Gasteiger partial charge in [-0.15, -0.1) is 0 Å². The van der Waals surface area contributed by atoms with Gasteiger partial charge in [-0.3, -0.25) is 0 Å². The third kappa shape index (κ3) is 9.48. The van der Waals surface area contributed by atoms with Gasteiger partial charge in [0.25, 0.3) is 0 Å². The highest BCUT2D eigenvalue weighted by atomic mass is 16.5. The summed E-state index contributed by atoms with van der Waals surface area (Å²) in [7, 11) is 0. The number of aryl methyl sites for hydroxylation is 1. The smallest absolute Gasteiger partial charge is 0.233 e. The van der Waals surface area contributed by atoms with Crippen molar-refractivity contribution in [2.24, 2.45) is 0 Å². The molecule has 4 aromatic carbocycles. The van der Waals surface area contributed by atoms with Crippen molar-refractivity contribution in [2.45, 2.75) is 6.92 Å². The standard InChI is InChI=1S/C41H42N12O2/c1-29-28-35(45-39-47-37(43-33-10-6-3-7-11-33)49-41(51-39)53-22-26-55-27-23-53)19-16-31(29)15-12-30-13-17-34(18-14-30)44-38-46-36(42-32-8-4-2-5-9-32)48-40(50-38)52-20-24-54-25-21-52/h2-19,28H,20-27H2,1H3,(H2,42,44,46,48,50)(H2,43,45,47,49,51)/b15-12+. The Morgan fingerprint density at radius 2 is 0.891 bits per heavy atom. The number of rotatable bonds is 12. The first-order valence-electron chi connectivity index (χ1n) is 18.3. The van der Waals surface area contributed by atoms with E-state index in [4.69, 9.17) is 29.4 Å². The van der Waals surface area contributed by atoms with Gasteiger partial charge in [-0.1, -0.05) is 66.7 Å². The molecule has 8 rings (SSSR count). The molecule has 2 aliphatic heterocycles. The molecule has 0 atom stereocenters. The Bertz CT molecular complexity index is 2210. The quantitative estimate of drug-likeness (QED) is 0.0940. The second-order valence-corrected chi connectivity index (χ2v) is 13.0. The van der Waals surface area contributed by atoms with E-state index in [9.17, 15) is 0 Å². The number of para-hydroxylation sites is 2. The van der Waals surface area contributed by atoms with Crippen LogP contribution >= 0.6 is 0 Å². The van der Waals surface area contributed by atoms with Crippen LogP contribution in [0.2, 0.25) is 0 Å². The molecule has 0 saturated carbocycles.